The molecule has 4 rings (SSSR count). The number of likely N-dealkylation sites (tertiary alicyclic amines) is 1. The van der Waals surface area contributed by atoms with Gasteiger partial charge >= 0.3 is 5.97 Å². The Balaban J connectivity index is 1.62. The van der Waals surface area contributed by atoms with Gasteiger partial charge in [-0.05, 0) is 67.6 Å². The number of carbonyl (C=O) groups is 3. The maximum absolute atomic E-state index is 13.6. The first-order valence-corrected chi connectivity index (χ1v) is 17.0. The van der Waals surface area contributed by atoms with E-state index in [0.717, 1.165) is 47.0 Å². The van der Waals surface area contributed by atoms with Crippen LogP contribution in [0.3, 0.4) is 0 Å². The van der Waals surface area contributed by atoms with E-state index in [1.54, 1.807) is 55.6 Å². The van der Waals surface area contributed by atoms with E-state index in [-0.39, 0.29) is 23.6 Å². The third-order valence-electron chi connectivity index (χ3n) is 6.76. The van der Waals surface area contributed by atoms with Gasteiger partial charge in [-0.15, -0.1) is 0 Å². The molecule has 0 atom stereocenters. The number of amides is 2. The topological polar surface area (TPSA) is 134 Å². The lowest BCUT2D eigenvalue weighted by Gasteiger charge is -2.29. The van der Waals surface area contributed by atoms with Crippen LogP contribution in [0.2, 0.25) is 0 Å². The first kappa shape index (κ1) is 32.6. The average Bonchev–Trinajstić information content (AvgIpc) is 3.04. The molecule has 2 amide bonds. The van der Waals surface area contributed by atoms with Gasteiger partial charge in [0.1, 0.15) is 17.4 Å². The van der Waals surface area contributed by atoms with Crippen LogP contribution in [0.15, 0.2) is 54.7 Å². The zero-order chi connectivity index (χ0) is 30.8. The molecule has 1 saturated heterocycles. The number of piperidine rings is 1. The monoisotopic (exact) mass is 809 g/mol. The number of amidine groups is 1. The molecule has 2 aromatic carbocycles. The van der Waals surface area contributed by atoms with Gasteiger partial charge in [-0.2, -0.15) is 0 Å². The Morgan fingerprint density at radius 3 is 2.23 bits per heavy atom. The number of pyridine rings is 1. The molecule has 0 spiro atoms. The van der Waals surface area contributed by atoms with Crippen molar-refractivity contribution in [1.29, 1.82) is 5.41 Å². The molecule has 12 heteroatoms. The number of benzene rings is 2. The van der Waals surface area contributed by atoms with Crippen molar-refractivity contribution >= 4 is 80.3 Å². The molecule has 1 aliphatic heterocycles. The first-order chi connectivity index (χ1) is 20.8. The number of nitrogens with zero attached hydrogens (tertiary/aromatic N) is 2. The Bertz CT molecular complexity index is 1460. The SMILES string of the molecule is CCOC(=O)COc1cc(CI)cc(C(=O)Nc2ccc(CI)cn2)c1NC(=O)c1ccc(C(=N)N2CCCCC2)cc1. The fraction of sp³-hybridized carbons (Fsp3) is 0.323. The van der Waals surface area contributed by atoms with Crippen LogP contribution in [-0.2, 0) is 18.4 Å². The lowest BCUT2D eigenvalue weighted by molar-refractivity contribution is -0.145. The van der Waals surface area contributed by atoms with Crippen LogP contribution in [0.1, 0.15) is 63.6 Å². The largest absolute Gasteiger partial charge is 0.480 e. The zero-order valence-electron chi connectivity index (χ0n) is 23.8. The van der Waals surface area contributed by atoms with Crippen LogP contribution in [-0.4, -0.2) is 59.8 Å². The summed E-state index contributed by atoms with van der Waals surface area (Å²) in [5.74, 6) is -0.582. The maximum atomic E-state index is 13.6. The Morgan fingerprint density at radius 2 is 1.60 bits per heavy atom. The first-order valence-electron chi connectivity index (χ1n) is 13.9. The average molecular weight is 809 g/mol. The van der Waals surface area contributed by atoms with Gasteiger partial charge in [0, 0.05) is 39.3 Å². The minimum atomic E-state index is -0.572. The highest BCUT2D eigenvalue weighted by Crippen LogP contribution is 2.33. The molecule has 1 fully saturated rings. The van der Waals surface area contributed by atoms with Crippen molar-refractivity contribution in [1.82, 2.24) is 9.88 Å². The molecule has 43 heavy (non-hydrogen) atoms. The molecule has 0 aliphatic carbocycles. The van der Waals surface area contributed by atoms with E-state index in [2.05, 4.69) is 65.7 Å². The number of hydrogen-bond acceptors (Lipinski definition) is 7. The number of ether oxygens (including phenoxy) is 2. The summed E-state index contributed by atoms with van der Waals surface area (Å²) in [7, 11) is 0. The van der Waals surface area contributed by atoms with Crippen LogP contribution >= 0.6 is 45.2 Å². The highest BCUT2D eigenvalue weighted by molar-refractivity contribution is 14.1. The second-order valence-electron chi connectivity index (χ2n) is 9.81. The Labute approximate surface area is 278 Å². The standard InChI is InChI=1S/C31H33I2N5O5/c1-2-42-27(39)19-43-25-15-21(17-33)14-24(31(41)36-26-11-6-20(16-32)18-35-26)28(25)37-30(40)23-9-7-22(8-10-23)29(34)38-12-4-3-5-13-38/h6-11,14-15,18,34H,2-5,12-13,16-17,19H2,1H3,(H,37,40)(H,35,36,41). The molecule has 2 heterocycles. The van der Waals surface area contributed by atoms with E-state index in [1.807, 2.05) is 6.07 Å². The quantitative estimate of drug-likeness (QED) is 0.0690. The molecule has 0 radical (unpaired) electrons. The number of nitrogens with one attached hydrogen (secondary N) is 3. The van der Waals surface area contributed by atoms with Gasteiger partial charge in [-0.25, -0.2) is 9.78 Å². The zero-order valence-corrected chi connectivity index (χ0v) is 28.1. The summed E-state index contributed by atoms with van der Waals surface area (Å²) in [5, 5.41) is 14.2. The second kappa shape index (κ2) is 16.0. The minimum Gasteiger partial charge on any atom is -0.480 e. The number of anilines is 2. The summed E-state index contributed by atoms with van der Waals surface area (Å²) >= 11 is 4.40. The van der Waals surface area contributed by atoms with Crippen molar-refractivity contribution in [2.45, 2.75) is 35.0 Å². The predicted octanol–water partition coefficient (Wildman–Crippen LogP) is 6.21. The van der Waals surface area contributed by atoms with Gasteiger partial charge in [0.25, 0.3) is 11.8 Å². The Morgan fingerprint density at radius 1 is 0.907 bits per heavy atom. The molecule has 1 aliphatic rings. The van der Waals surface area contributed by atoms with Crippen molar-refractivity contribution in [3.8, 4) is 5.75 Å². The van der Waals surface area contributed by atoms with Gasteiger partial charge in [-0.3, -0.25) is 15.0 Å². The van der Waals surface area contributed by atoms with Crippen LogP contribution in [0.25, 0.3) is 0 Å². The summed E-state index contributed by atoms with van der Waals surface area (Å²) < 4.78 is 12.1. The van der Waals surface area contributed by atoms with Crippen LogP contribution < -0.4 is 15.4 Å². The van der Waals surface area contributed by atoms with Crippen LogP contribution in [0, 0.1) is 5.41 Å². The van der Waals surface area contributed by atoms with E-state index >= 15 is 0 Å². The van der Waals surface area contributed by atoms with Crippen molar-refractivity contribution in [3.05, 3.63) is 82.5 Å². The lowest BCUT2D eigenvalue weighted by Crippen LogP contribution is -2.35. The Hall–Kier alpha value is -3.27. The lowest BCUT2D eigenvalue weighted by atomic mass is 10.1. The van der Waals surface area contributed by atoms with Crippen LogP contribution in [0.4, 0.5) is 11.5 Å². The third-order valence-corrected chi connectivity index (χ3v) is 8.53. The number of esters is 1. The molecular weight excluding hydrogens is 776 g/mol. The van der Waals surface area contributed by atoms with Crippen molar-refractivity contribution < 1.29 is 23.9 Å². The third kappa shape index (κ3) is 8.87. The number of carbonyl (C=O) groups excluding carboxylic acids is 3. The molecule has 0 bridgehead atoms. The number of rotatable bonds is 11. The highest BCUT2D eigenvalue weighted by Gasteiger charge is 2.23. The molecule has 3 aromatic rings. The number of halogens is 2. The molecule has 3 N–H and O–H groups in total. The summed E-state index contributed by atoms with van der Waals surface area (Å²) in [4.78, 5) is 45.5. The number of alkyl halides is 2. The molecule has 10 nitrogen and oxygen atoms in total. The molecule has 226 valence electrons. The van der Waals surface area contributed by atoms with E-state index in [1.165, 1.54) is 6.42 Å². The van der Waals surface area contributed by atoms with Gasteiger partial charge in [0.2, 0.25) is 0 Å². The predicted molar refractivity (Wildman–Crippen MR) is 183 cm³/mol. The summed E-state index contributed by atoms with van der Waals surface area (Å²) in [6.45, 7) is 3.21. The van der Waals surface area contributed by atoms with Crippen molar-refractivity contribution in [3.63, 3.8) is 0 Å². The van der Waals surface area contributed by atoms with Crippen molar-refractivity contribution in [2.24, 2.45) is 0 Å². The summed E-state index contributed by atoms with van der Waals surface area (Å²) in [6.07, 6.45) is 4.99. The molecule has 0 saturated carbocycles. The number of hydrogen-bond donors (Lipinski definition) is 3. The smallest absolute Gasteiger partial charge is 0.344 e. The van der Waals surface area contributed by atoms with E-state index in [4.69, 9.17) is 14.9 Å². The fourth-order valence-corrected chi connectivity index (χ4v) is 5.43. The highest BCUT2D eigenvalue weighted by atomic mass is 127. The van der Waals surface area contributed by atoms with Gasteiger partial charge in [-0.1, -0.05) is 63.4 Å². The van der Waals surface area contributed by atoms with Crippen molar-refractivity contribution in [2.75, 3.05) is 36.9 Å². The van der Waals surface area contributed by atoms with Gasteiger partial charge in [0.15, 0.2) is 6.61 Å². The minimum absolute atomic E-state index is 0.120. The Kier molecular flexibility index (Phi) is 12.1. The van der Waals surface area contributed by atoms with Gasteiger partial charge in [0.05, 0.1) is 17.9 Å². The van der Waals surface area contributed by atoms with Crippen LogP contribution in [0.5, 0.6) is 5.75 Å². The molecule has 1 aromatic heterocycles. The molecule has 0 unspecified atom stereocenters. The fourth-order valence-electron chi connectivity index (χ4n) is 4.54. The van der Waals surface area contributed by atoms with Gasteiger partial charge < -0.3 is 25.0 Å². The number of aromatic nitrogens is 1. The summed E-state index contributed by atoms with van der Waals surface area (Å²) in [5.41, 5.74) is 3.12. The second-order valence-corrected chi connectivity index (χ2v) is 11.3. The van der Waals surface area contributed by atoms with E-state index < -0.39 is 24.4 Å². The maximum Gasteiger partial charge on any atom is 0.344 e. The normalized spacial score (nSPS) is 12.8. The molecular formula is C31H33I2N5O5. The summed E-state index contributed by atoms with van der Waals surface area (Å²) in [6, 6.07) is 13.8. The van der Waals surface area contributed by atoms with E-state index in [9.17, 15) is 14.4 Å². The van der Waals surface area contributed by atoms with E-state index in [0.29, 0.717) is 21.6 Å².